The Labute approximate surface area is 123 Å². The van der Waals surface area contributed by atoms with Crippen molar-refractivity contribution in [2.24, 2.45) is 0 Å². The second-order valence-electron chi connectivity index (χ2n) is 4.91. The number of nitrogens with one attached hydrogen (secondary N) is 2. The topological polar surface area (TPSA) is 95.5 Å². The first-order chi connectivity index (χ1) is 9.88. The monoisotopic (exact) mass is 292 g/mol. The van der Waals surface area contributed by atoms with Gasteiger partial charge in [0.1, 0.15) is 0 Å². The van der Waals surface area contributed by atoms with Crippen LogP contribution < -0.4 is 10.6 Å². The van der Waals surface area contributed by atoms with Crippen LogP contribution in [0, 0.1) is 13.8 Å². The van der Waals surface area contributed by atoms with Gasteiger partial charge in [0.2, 0.25) is 5.91 Å². The molecule has 0 aliphatic rings. The Morgan fingerprint density at radius 3 is 2.24 bits per heavy atom. The number of amides is 2. The molecule has 0 saturated heterocycles. The fraction of sp³-hybridized carbons (Fsp3) is 0.400. The summed E-state index contributed by atoms with van der Waals surface area (Å²) < 4.78 is 0. The van der Waals surface area contributed by atoms with Gasteiger partial charge in [0.05, 0.1) is 6.54 Å². The van der Waals surface area contributed by atoms with Crippen LogP contribution in [0.5, 0.6) is 0 Å². The summed E-state index contributed by atoms with van der Waals surface area (Å²) in [5.41, 5.74) is 2.49. The van der Waals surface area contributed by atoms with E-state index in [0.29, 0.717) is 12.0 Å². The van der Waals surface area contributed by atoms with Crippen LogP contribution in [0.15, 0.2) is 18.2 Å². The Balaban J connectivity index is 2.35. The number of benzene rings is 1. The summed E-state index contributed by atoms with van der Waals surface area (Å²) in [6, 6.07) is 5.48. The molecule has 0 aliphatic carbocycles. The van der Waals surface area contributed by atoms with E-state index in [1.54, 1.807) is 12.1 Å². The van der Waals surface area contributed by atoms with Crippen molar-refractivity contribution in [1.82, 2.24) is 10.6 Å². The van der Waals surface area contributed by atoms with Crippen molar-refractivity contribution in [1.29, 1.82) is 0 Å². The van der Waals surface area contributed by atoms with Gasteiger partial charge in [-0.2, -0.15) is 0 Å². The van der Waals surface area contributed by atoms with Crippen molar-refractivity contribution in [2.75, 3.05) is 13.1 Å². The van der Waals surface area contributed by atoms with Gasteiger partial charge in [0.15, 0.2) is 0 Å². The predicted molar refractivity (Wildman–Crippen MR) is 78.1 cm³/mol. The van der Waals surface area contributed by atoms with E-state index in [9.17, 15) is 14.4 Å². The van der Waals surface area contributed by atoms with Gasteiger partial charge in [-0.25, -0.2) is 0 Å². The van der Waals surface area contributed by atoms with Gasteiger partial charge in [0, 0.05) is 18.5 Å². The fourth-order valence-electron chi connectivity index (χ4n) is 1.90. The van der Waals surface area contributed by atoms with Crippen molar-refractivity contribution in [2.45, 2.75) is 26.7 Å². The smallest absolute Gasteiger partial charge is 0.303 e. The van der Waals surface area contributed by atoms with E-state index in [-0.39, 0.29) is 31.3 Å². The van der Waals surface area contributed by atoms with Gasteiger partial charge < -0.3 is 15.7 Å². The highest BCUT2D eigenvalue weighted by atomic mass is 16.4. The van der Waals surface area contributed by atoms with E-state index in [1.807, 2.05) is 19.9 Å². The second-order valence-corrected chi connectivity index (χ2v) is 4.91. The summed E-state index contributed by atoms with van der Waals surface area (Å²) in [7, 11) is 0. The van der Waals surface area contributed by atoms with E-state index < -0.39 is 5.97 Å². The largest absolute Gasteiger partial charge is 0.481 e. The molecule has 2 amide bonds. The third kappa shape index (κ3) is 6.56. The molecule has 0 saturated carbocycles. The molecule has 3 N–H and O–H groups in total. The molecule has 114 valence electrons. The molecule has 0 unspecified atom stereocenters. The summed E-state index contributed by atoms with van der Waals surface area (Å²) in [4.78, 5) is 33.7. The Kier molecular flexibility index (Phi) is 6.39. The predicted octanol–water partition coefficient (Wildman–Crippen LogP) is 1.01. The fourth-order valence-corrected chi connectivity index (χ4v) is 1.90. The normalized spacial score (nSPS) is 10.0. The number of aryl methyl sites for hydroxylation is 2. The van der Waals surface area contributed by atoms with E-state index in [0.717, 1.165) is 11.1 Å². The maximum absolute atomic E-state index is 11.9. The SMILES string of the molecule is Cc1cc(C)cc(C(=O)NCC(=O)NCCCC(=O)O)c1. The highest BCUT2D eigenvalue weighted by Crippen LogP contribution is 2.08. The zero-order valence-electron chi connectivity index (χ0n) is 12.2. The summed E-state index contributed by atoms with van der Waals surface area (Å²) in [6.07, 6.45) is 0.376. The maximum atomic E-state index is 11.9. The van der Waals surface area contributed by atoms with Crippen molar-refractivity contribution < 1.29 is 19.5 Å². The summed E-state index contributed by atoms with van der Waals surface area (Å²) in [5.74, 6) is -1.53. The standard InChI is InChI=1S/C15H20N2O4/c1-10-6-11(2)8-12(7-10)15(21)17-9-13(18)16-5-3-4-14(19)20/h6-8H,3-5,9H2,1-2H3,(H,16,18)(H,17,21)(H,19,20). The molecule has 1 aromatic carbocycles. The Hall–Kier alpha value is -2.37. The molecule has 6 heteroatoms. The summed E-state index contributed by atoms with van der Waals surface area (Å²) >= 11 is 0. The van der Waals surface area contributed by atoms with Crippen LogP contribution in [0.4, 0.5) is 0 Å². The van der Waals surface area contributed by atoms with Crippen LogP contribution in [0.2, 0.25) is 0 Å². The number of carbonyl (C=O) groups is 3. The van der Waals surface area contributed by atoms with Gasteiger partial charge in [-0.3, -0.25) is 14.4 Å². The Bertz CT molecular complexity index is 520. The molecule has 0 fully saturated rings. The highest BCUT2D eigenvalue weighted by molar-refractivity contribution is 5.96. The Morgan fingerprint density at radius 1 is 1.05 bits per heavy atom. The molecule has 6 nitrogen and oxygen atoms in total. The minimum atomic E-state index is -0.896. The average Bonchev–Trinajstić information content (AvgIpc) is 2.39. The molecule has 21 heavy (non-hydrogen) atoms. The molecule has 0 radical (unpaired) electrons. The number of hydrogen-bond donors (Lipinski definition) is 3. The average molecular weight is 292 g/mol. The van der Waals surface area contributed by atoms with E-state index >= 15 is 0 Å². The lowest BCUT2D eigenvalue weighted by Gasteiger charge is -2.08. The zero-order chi connectivity index (χ0) is 15.8. The van der Waals surface area contributed by atoms with Crippen molar-refractivity contribution in [3.8, 4) is 0 Å². The first-order valence-electron chi connectivity index (χ1n) is 6.73. The van der Waals surface area contributed by atoms with Gasteiger partial charge in [-0.15, -0.1) is 0 Å². The molecular weight excluding hydrogens is 272 g/mol. The number of carbonyl (C=O) groups excluding carboxylic acids is 2. The zero-order valence-corrected chi connectivity index (χ0v) is 12.2. The summed E-state index contributed by atoms with van der Waals surface area (Å²) in [5, 5.41) is 13.5. The van der Waals surface area contributed by atoms with E-state index in [2.05, 4.69) is 10.6 Å². The van der Waals surface area contributed by atoms with Crippen LogP contribution in [-0.2, 0) is 9.59 Å². The van der Waals surface area contributed by atoms with Crippen LogP contribution in [0.25, 0.3) is 0 Å². The third-order valence-corrected chi connectivity index (χ3v) is 2.78. The molecule has 0 bridgehead atoms. The lowest BCUT2D eigenvalue weighted by molar-refractivity contribution is -0.137. The molecular formula is C15H20N2O4. The van der Waals surface area contributed by atoms with Gasteiger partial charge in [-0.1, -0.05) is 17.2 Å². The maximum Gasteiger partial charge on any atom is 0.303 e. The van der Waals surface area contributed by atoms with Crippen LogP contribution in [-0.4, -0.2) is 36.0 Å². The van der Waals surface area contributed by atoms with Crippen LogP contribution in [0.3, 0.4) is 0 Å². The highest BCUT2D eigenvalue weighted by Gasteiger charge is 2.08. The Morgan fingerprint density at radius 2 is 1.67 bits per heavy atom. The summed E-state index contributed by atoms with van der Waals surface area (Å²) in [6.45, 7) is 3.96. The van der Waals surface area contributed by atoms with E-state index in [1.165, 1.54) is 0 Å². The molecule has 0 heterocycles. The minimum Gasteiger partial charge on any atom is -0.481 e. The van der Waals surface area contributed by atoms with Gasteiger partial charge >= 0.3 is 5.97 Å². The van der Waals surface area contributed by atoms with Crippen LogP contribution in [0.1, 0.15) is 34.3 Å². The lowest BCUT2D eigenvalue weighted by Crippen LogP contribution is -2.37. The minimum absolute atomic E-state index is 0.00914. The van der Waals surface area contributed by atoms with E-state index in [4.69, 9.17) is 5.11 Å². The molecule has 0 atom stereocenters. The number of hydrogen-bond acceptors (Lipinski definition) is 3. The number of carboxylic acid groups (broad SMARTS) is 1. The van der Waals surface area contributed by atoms with Crippen molar-refractivity contribution in [3.63, 3.8) is 0 Å². The molecule has 0 spiro atoms. The lowest BCUT2D eigenvalue weighted by atomic mass is 10.1. The molecule has 0 aliphatic heterocycles. The van der Waals surface area contributed by atoms with Crippen molar-refractivity contribution >= 4 is 17.8 Å². The van der Waals surface area contributed by atoms with Crippen LogP contribution >= 0.6 is 0 Å². The first kappa shape index (κ1) is 16.7. The van der Waals surface area contributed by atoms with Gasteiger partial charge in [-0.05, 0) is 32.4 Å². The first-order valence-corrected chi connectivity index (χ1v) is 6.73. The quantitative estimate of drug-likeness (QED) is 0.654. The number of aliphatic carboxylic acids is 1. The number of rotatable bonds is 7. The van der Waals surface area contributed by atoms with Gasteiger partial charge in [0.25, 0.3) is 5.91 Å². The molecule has 1 aromatic rings. The molecule has 0 aromatic heterocycles. The number of carboxylic acids is 1. The second kappa shape index (κ2) is 8.04. The molecule has 1 rings (SSSR count). The van der Waals surface area contributed by atoms with Crippen molar-refractivity contribution in [3.05, 3.63) is 34.9 Å². The third-order valence-electron chi connectivity index (χ3n) is 2.78.